The molecule has 2 aromatic rings. The third-order valence-electron chi connectivity index (χ3n) is 4.49. The van der Waals surface area contributed by atoms with Crippen LogP contribution in [0.3, 0.4) is 0 Å². The minimum Gasteiger partial charge on any atom is -0.490 e. The molecule has 0 atom stereocenters. The van der Waals surface area contributed by atoms with Crippen molar-refractivity contribution in [3.8, 4) is 11.5 Å². The highest BCUT2D eigenvalue weighted by atomic mass is 16.5. The summed E-state index contributed by atoms with van der Waals surface area (Å²) in [4.78, 5) is 2.50. The number of rotatable bonds is 8. The lowest BCUT2D eigenvalue weighted by atomic mass is 10.1. The van der Waals surface area contributed by atoms with E-state index in [9.17, 15) is 0 Å². The van der Waals surface area contributed by atoms with Crippen molar-refractivity contribution < 1.29 is 9.47 Å². The number of nitrogens with zero attached hydrogens (tertiary/aromatic N) is 1. The fourth-order valence-corrected chi connectivity index (χ4v) is 3.13. The van der Waals surface area contributed by atoms with Gasteiger partial charge in [-0.15, -0.1) is 0 Å². The van der Waals surface area contributed by atoms with Gasteiger partial charge in [-0.1, -0.05) is 42.5 Å². The van der Waals surface area contributed by atoms with Crippen molar-refractivity contribution in [3.63, 3.8) is 0 Å². The van der Waals surface area contributed by atoms with Crippen molar-refractivity contribution in [2.45, 2.75) is 20.0 Å². The van der Waals surface area contributed by atoms with E-state index < -0.39 is 0 Å². The van der Waals surface area contributed by atoms with Crippen molar-refractivity contribution >= 4 is 0 Å². The molecule has 0 bridgehead atoms. The molecule has 1 saturated heterocycles. The van der Waals surface area contributed by atoms with E-state index in [0.717, 1.165) is 50.6 Å². The highest BCUT2D eigenvalue weighted by Gasteiger charge is 2.14. The van der Waals surface area contributed by atoms with Gasteiger partial charge in [0.15, 0.2) is 11.5 Å². The molecule has 0 amide bonds. The van der Waals surface area contributed by atoms with Gasteiger partial charge in [0, 0.05) is 32.7 Å². The Morgan fingerprint density at radius 3 is 2.52 bits per heavy atom. The lowest BCUT2D eigenvalue weighted by Gasteiger charge is -2.27. The van der Waals surface area contributed by atoms with E-state index in [1.54, 1.807) is 0 Å². The van der Waals surface area contributed by atoms with E-state index in [4.69, 9.17) is 9.47 Å². The number of nitrogens with one attached hydrogen (secondary N) is 1. The van der Waals surface area contributed by atoms with Crippen LogP contribution in [0.15, 0.2) is 48.5 Å². The second-order valence-corrected chi connectivity index (χ2v) is 6.29. The smallest absolute Gasteiger partial charge is 0.164 e. The lowest BCUT2D eigenvalue weighted by molar-refractivity contribution is 0.239. The molecule has 0 saturated carbocycles. The summed E-state index contributed by atoms with van der Waals surface area (Å²) >= 11 is 0. The second-order valence-electron chi connectivity index (χ2n) is 6.29. The van der Waals surface area contributed by atoms with Gasteiger partial charge in [-0.2, -0.15) is 0 Å². The van der Waals surface area contributed by atoms with Crippen LogP contribution in [0.2, 0.25) is 0 Å². The first kappa shape index (κ1) is 17.8. The van der Waals surface area contributed by atoms with Gasteiger partial charge in [0.1, 0.15) is 6.61 Å². The van der Waals surface area contributed by atoms with E-state index in [1.807, 2.05) is 31.2 Å². The summed E-state index contributed by atoms with van der Waals surface area (Å²) in [5.41, 5.74) is 2.39. The lowest BCUT2D eigenvalue weighted by Crippen LogP contribution is -2.44. The van der Waals surface area contributed by atoms with Crippen LogP contribution in [-0.2, 0) is 13.0 Å². The first-order valence-corrected chi connectivity index (χ1v) is 9.21. The van der Waals surface area contributed by atoms with Crippen molar-refractivity contribution in [1.82, 2.24) is 10.2 Å². The summed E-state index contributed by atoms with van der Waals surface area (Å²) in [7, 11) is 0. The maximum Gasteiger partial charge on any atom is 0.164 e. The minimum absolute atomic E-state index is 0.561. The summed E-state index contributed by atoms with van der Waals surface area (Å²) < 4.78 is 12.0. The van der Waals surface area contributed by atoms with Gasteiger partial charge in [-0.05, 0) is 30.5 Å². The predicted octanol–water partition coefficient (Wildman–Crippen LogP) is 3.11. The molecule has 0 aliphatic carbocycles. The first-order chi connectivity index (χ1) is 12.4. The Balaban J connectivity index is 1.70. The van der Waals surface area contributed by atoms with Crippen LogP contribution in [0, 0.1) is 0 Å². The Morgan fingerprint density at radius 1 is 0.960 bits per heavy atom. The molecule has 3 rings (SSSR count). The molecule has 1 aliphatic rings. The van der Waals surface area contributed by atoms with E-state index in [1.165, 1.54) is 11.1 Å². The third kappa shape index (κ3) is 5.21. The van der Waals surface area contributed by atoms with Gasteiger partial charge in [-0.25, -0.2) is 0 Å². The Bertz CT molecular complexity index is 640. The van der Waals surface area contributed by atoms with Gasteiger partial charge < -0.3 is 19.7 Å². The van der Waals surface area contributed by atoms with Crippen LogP contribution in [0.25, 0.3) is 0 Å². The molecule has 4 heteroatoms. The van der Waals surface area contributed by atoms with Gasteiger partial charge in [-0.3, -0.25) is 0 Å². The number of hydrogen-bond donors (Lipinski definition) is 1. The molecule has 1 heterocycles. The molecule has 1 aliphatic heterocycles. The predicted molar refractivity (Wildman–Crippen MR) is 101 cm³/mol. The number of benzene rings is 2. The molecular formula is C21H28N2O2. The van der Waals surface area contributed by atoms with E-state index in [2.05, 4.69) is 34.5 Å². The molecule has 4 nitrogen and oxygen atoms in total. The van der Waals surface area contributed by atoms with Gasteiger partial charge in [0.05, 0.1) is 6.61 Å². The molecular weight excluding hydrogens is 312 g/mol. The van der Waals surface area contributed by atoms with Gasteiger partial charge in [0.25, 0.3) is 0 Å². The summed E-state index contributed by atoms with van der Waals surface area (Å²) in [5.74, 6) is 1.74. The summed E-state index contributed by atoms with van der Waals surface area (Å²) in [6.07, 6.45) is 0.977. The Morgan fingerprint density at radius 2 is 1.76 bits per heavy atom. The van der Waals surface area contributed by atoms with Crippen LogP contribution < -0.4 is 14.8 Å². The average Bonchev–Trinajstić information content (AvgIpc) is 2.67. The Hall–Kier alpha value is -2.04. The van der Waals surface area contributed by atoms with Crippen molar-refractivity contribution in [3.05, 3.63) is 59.7 Å². The highest BCUT2D eigenvalue weighted by molar-refractivity contribution is 5.47. The molecule has 25 heavy (non-hydrogen) atoms. The third-order valence-corrected chi connectivity index (χ3v) is 4.49. The first-order valence-electron chi connectivity index (χ1n) is 9.21. The van der Waals surface area contributed by atoms with Gasteiger partial charge >= 0.3 is 0 Å². The zero-order valence-electron chi connectivity index (χ0n) is 15.0. The Kier molecular flexibility index (Phi) is 6.71. The second kappa shape index (κ2) is 9.44. The van der Waals surface area contributed by atoms with Crippen LogP contribution in [0.1, 0.15) is 18.1 Å². The van der Waals surface area contributed by atoms with E-state index in [0.29, 0.717) is 13.2 Å². The highest BCUT2D eigenvalue weighted by Crippen LogP contribution is 2.32. The van der Waals surface area contributed by atoms with Crippen molar-refractivity contribution in [2.24, 2.45) is 0 Å². The zero-order chi connectivity index (χ0) is 17.3. The molecule has 1 N–H and O–H groups in total. The average molecular weight is 340 g/mol. The number of piperazine rings is 1. The minimum atomic E-state index is 0.561. The van der Waals surface area contributed by atoms with Crippen molar-refractivity contribution in [2.75, 3.05) is 39.3 Å². The standard InChI is InChI=1S/C21H28N2O2/c1-2-24-20-10-6-9-19(11-14-23-15-12-22-13-16-23)21(20)25-17-18-7-4-3-5-8-18/h3-10,22H,2,11-17H2,1H3. The molecule has 134 valence electrons. The summed E-state index contributed by atoms with van der Waals surface area (Å²) in [6.45, 7) is 8.66. The number of ether oxygens (including phenoxy) is 2. The molecule has 0 radical (unpaired) electrons. The topological polar surface area (TPSA) is 33.7 Å². The number of hydrogen-bond acceptors (Lipinski definition) is 4. The molecule has 0 aromatic heterocycles. The number of para-hydroxylation sites is 1. The van der Waals surface area contributed by atoms with Crippen LogP contribution in [0.5, 0.6) is 11.5 Å². The van der Waals surface area contributed by atoms with E-state index >= 15 is 0 Å². The maximum atomic E-state index is 6.19. The maximum absolute atomic E-state index is 6.19. The molecule has 1 fully saturated rings. The van der Waals surface area contributed by atoms with Crippen LogP contribution in [-0.4, -0.2) is 44.2 Å². The fraction of sp³-hybridized carbons (Fsp3) is 0.429. The zero-order valence-corrected chi connectivity index (χ0v) is 15.0. The summed E-state index contributed by atoms with van der Waals surface area (Å²) in [6, 6.07) is 16.5. The molecule has 2 aromatic carbocycles. The monoisotopic (exact) mass is 340 g/mol. The normalized spacial score (nSPS) is 15.1. The SMILES string of the molecule is CCOc1cccc(CCN2CCNCC2)c1OCc1ccccc1. The van der Waals surface area contributed by atoms with Crippen LogP contribution in [0.4, 0.5) is 0 Å². The largest absolute Gasteiger partial charge is 0.490 e. The molecule has 0 spiro atoms. The van der Waals surface area contributed by atoms with Crippen molar-refractivity contribution in [1.29, 1.82) is 0 Å². The van der Waals surface area contributed by atoms with Gasteiger partial charge in [0.2, 0.25) is 0 Å². The molecule has 0 unspecified atom stereocenters. The van der Waals surface area contributed by atoms with E-state index in [-0.39, 0.29) is 0 Å². The Labute approximate surface area is 150 Å². The fourth-order valence-electron chi connectivity index (χ4n) is 3.13. The summed E-state index contributed by atoms with van der Waals surface area (Å²) in [5, 5.41) is 3.40. The quantitative estimate of drug-likeness (QED) is 0.801. The van der Waals surface area contributed by atoms with Crippen LogP contribution >= 0.6 is 0 Å².